The molecule has 1 aliphatic rings. The fourth-order valence-electron chi connectivity index (χ4n) is 2.95. The van der Waals surface area contributed by atoms with Crippen molar-refractivity contribution in [2.45, 2.75) is 41.7 Å². The molecule has 1 unspecified atom stereocenters. The first-order chi connectivity index (χ1) is 13.6. The second kappa shape index (κ2) is 8.77. The molecule has 2 N–H and O–H groups in total. The highest BCUT2D eigenvalue weighted by Crippen LogP contribution is 2.36. The van der Waals surface area contributed by atoms with E-state index in [-0.39, 0.29) is 28.2 Å². The van der Waals surface area contributed by atoms with Crippen LogP contribution in [0.25, 0.3) is 0 Å². The summed E-state index contributed by atoms with van der Waals surface area (Å²) in [6, 6.07) is 9.74. The van der Waals surface area contributed by atoms with Gasteiger partial charge < -0.3 is 10.6 Å². The normalized spacial score (nSPS) is 16.5. The number of halogens is 1. The van der Waals surface area contributed by atoms with Gasteiger partial charge in [0.1, 0.15) is 0 Å². The lowest BCUT2D eigenvalue weighted by Gasteiger charge is -2.11. The summed E-state index contributed by atoms with van der Waals surface area (Å²) >= 11 is 7.43. The van der Waals surface area contributed by atoms with Crippen molar-refractivity contribution in [2.24, 2.45) is 0 Å². The van der Waals surface area contributed by atoms with Crippen molar-refractivity contribution in [3.63, 3.8) is 0 Å². The molecule has 1 aliphatic heterocycles. The van der Waals surface area contributed by atoms with Crippen LogP contribution in [0.5, 0.6) is 0 Å². The van der Waals surface area contributed by atoms with E-state index >= 15 is 0 Å². The van der Waals surface area contributed by atoms with Gasteiger partial charge in [-0.2, -0.15) is 0 Å². The second-order valence-corrected chi connectivity index (χ2v) is 10.9. The Bertz CT molecular complexity index is 1070. The average molecular weight is 453 g/mol. The minimum Gasteiger partial charge on any atom is -0.326 e. The zero-order valence-electron chi connectivity index (χ0n) is 16.0. The van der Waals surface area contributed by atoms with Gasteiger partial charge in [0.05, 0.1) is 16.3 Å². The summed E-state index contributed by atoms with van der Waals surface area (Å²) < 4.78 is 25.4. The Hall–Kier alpha value is -2.03. The molecular weight excluding hydrogens is 432 g/mol. The molecule has 1 atom stereocenters. The first kappa shape index (κ1) is 21.7. The van der Waals surface area contributed by atoms with Crippen molar-refractivity contribution < 1.29 is 18.0 Å². The first-order valence-corrected chi connectivity index (χ1v) is 11.9. The Balaban J connectivity index is 1.69. The molecule has 154 valence electrons. The summed E-state index contributed by atoms with van der Waals surface area (Å²) in [5.74, 6) is -0.871. The van der Waals surface area contributed by atoms with Gasteiger partial charge in [-0.3, -0.25) is 9.59 Å². The number of fused-ring (bicyclic) bond motifs is 1. The van der Waals surface area contributed by atoms with Gasteiger partial charge in [0.2, 0.25) is 11.8 Å². The summed E-state index contributed by atoms with van der Waals surface area (Å²) in [5, 5.41) is 6.14. The monoisotopic (exact) mass is 452 g/mol. The Morgan fingerprint density at radius 3 is 2.76 bits per heavy atom. The Kier molecular flexibility index (Phi) is 6.55. The van der Waals surface area contributed by atoms with Crippen molar-refractivity contribution in [3.05, 3.63) is 47.0 Å². The van der Waals surface area contributed by atoms with E-state index in [0.717, 1.165) is 10.5 Å². The maximum Gasteiger partial charge on any atom is 0.225 e. The Morgan fingerprint density at radius 2 is 2.03 bits per heavy atom. The molecule has 1 heterocycles. The molecular formula is C20H21ClN2O4S2. The number of aryl methyl sites for hydroxylation is 1. The number of sulfone groups is 1. The molecule has 0 radical (unpaired) electrons. The van der Waals surface area contributed by atoms with Crippen molar-refractivity contribution >= 4 is 56.4 Å². The van der Waals surface area contributed by atoms with Crippen LogP contribution in [0.4, 0.5) is 11.4 Å². The lowest BCUT2D eigenvalue weighted by molar-refractivity contribution is -0.116. The van der Waals surface area contributed by atoms with Crippen LogP contribution in [0.2, 0.25) is 5.02 Å². The maximum atomic E-state index is 12.7. The summed E-state index contributed by atoms with van der Waals surface area (Å²) in [6.07, 6.45) is 0.186. The molecule has 0 saturated carbocycles. The van der Waals surface area contributed by atoms with Crippen LogP contribution >= 0.6 is 23.4 Å². The summed E-state index contributed by atoms with van der Waals surface area (Å²) in [6.45, 7) is 3.76. The zero-order valence-corrected chi connectivity index (χ0v) is 18.4. The average Bonchev–Trinajstić information content (AvgIpc) is 2.78. The third-order valence-corrected chi connectivity index (χ3v) is 7.57. The van der Waals surface area contributed by atoms with Gasteiger partial charge in [-0.15, -0.1) is 11.8 Å². The van der Waals surface area contributed by atoms with Crippen LogP contribution in [-0.4, -0.2) is 31.2 Å². The van der Waals surface area contributed by atoms with Crippen molar-refractivity contribution in [2.75, 3.05) is 16.4 Å². The minimum absolute atomic E-state index is 0.0853. The van der Waals surface area contributed by atoms with Crippen LogP contribution < -0.4 is 10.6 Å². The maximum absolute atomic E-state index is 12.7. The third kappa shape index (κ3) is 5.52. The van der Waals surface area contributed by atoms with Gasteiger partial charge in [-0.05, 0) is 48.9 Å². The van der Waals surface area contributed by atoms with E-state index in [2.05, 4.69) is 10.6 Å². The Morgan fingerprint density at radius 1 is 1.28 bits per heavy atom. The predicted octanol–water partition coefficient (Wildman–Crippen LogP) is 4.27. The topological polar surface area (TPSA) is 92.3 Å². The highest BCUT2D eigenvalue weighted by molar-refractivity contribution is 8.00. The molecule has 0 aromatic heterocycles. The number of carbonyl (C=O) groups is 2. The number of hydrogen-bond donors (Lipinski definition) is 2. The van der Waals surface area contributed by atoms with Gasteiger partial charge in [-0.1, -0.05) is 18.5 Å². The van der Waals surface area contributed by atoms with E-state index < -0.39 is 15.7 Å². The van der Waals surface area contributed by atoms with E-state index in [1.807, 2.05) is 6.92 Å². The summed E-state index contributed by atoms with van der Waals surface area (Å²) in [4.78, 5) is 25.1. The van der Waals surface area contributed by atoms with Crippen LogP contribution in [0, 0.1) is 6.92 Å². The third-order valence-electron chi connectivity index (χ3n) is 4.45. The number of rotatable bonds is 5. The quantitative estimate of drug-likeness (QED) is 0.706. The van der Waals surface area contributed by atoms with Gasteiger partial charge in [-0.25, -0.2) is 8.42 Å². The van der Waals surface area contributed by atoms with E-state index in [4.69, 9.17) is 11.6 Å². The van der Waals surface area contributed by atoms with Gasteiger partial charge in [0.25, 0.3) is 0 Å². The fraction of sp³-hybridized carbons (Fsp3) is 0.300. The van der Waals surface area contributed by atoms with E-state index in [1.165, 1.54) is 23.9 Å². The van der Waals surface area contributed by atoms with Crippen molar-refractivity contribution in [3.8, 4) is 0 Å². The van der Waals surface area contributed by atoms with E-state index in [9.17, 15) is 18.0 Å². The molecule has 0 saturated heterocycles. The van der Waals surface area contributed by atoms with Crippen LogP contribution in [-0.2, 0) is 19.4 Å². The lowest BCUT2D eigenvalue weighted by Crippen LogP contribution is -2.18. The number of thioether (sulfide) groups is 1. The highest BCUT2D eigenvalue weighted by Gasteiger charge is 2.23. The number of benzene rings is 2. The predicted molar refractivity (Wildman–Crippen MR) is 116 cm³/mol. The summed E-state index contributed by atoms with van der Waals surface area (Å²) in [7, 11) is -3.68. The van der Waals surface area contributed by atoms with Gasteiger partial charge >= 0.3 is 0 Å². The van der Waals surface area contributed by atoms with E-state index in [1.54, 1.807) is 31.2 Å². The Labute approximate surface area is 179 Å². The number of anilines is 2. The largest absolute Gasteiger partial charge is 0.326 e. The highest BCUT2D eigenvalue weighted by atomic mass is 35.5. The van der Waals surface area contributed by atoms with E-state index in [0.29, 0.717) is 22.8 Å². The molecule has 2 aromatic rings. The number of hydrogen-bond acceptors (Lipinski definition) is 5. The van der Waals surface area contributed by atoms with Gasteiger partial charge in [0, 0.05) is 33.7 Å². The number of amides is 2. The fourth-order valence-corrected chi connectivity index (χ4v) is 5.49. The molecule has 0 fully saturated rings. The van der Waals surface area contributed by atoms with Crippen molar-refractivity contribution in [1.82, 2.24) is 0 Å². The van der Waals surface area contributed by atoms with Crippen LogP contribution in [0.1, 0.15) is 25.3 Å². The molecule has 6 nitrogen and oxygen atoms in total. The van der Waals surface area contributed by atoms with Crippen LogP contribution in [0.3, 0.4) is 0 Å². The summed E-state index contributed by atoms with van der Waals surface area (Å²) in [5.41, 5.74) is 1.88. The zero-order chi connectivity index (χ0) is 21.2. The van der Waals surface area contributed by atoms with Gasteiger partial charge in [0.15, 0.2) is 9.84 Å². The number of nitrogens with one attached hydrogen (secondary N) is 2. The molecule has 29 heavy (non-hydrogen) atoms. The first-order valence-electron chi connectivity index (χ1n) is 9.03. The van der Waals surface area contributed by atoms with Crippen LogP contribution in [0.15, 0.2) is 46.2 Å². The molecule has 2 aromatic carbocycles. The molecule has 2 amide bonds. The molecule has 0 bridgehead atoms. The number of carbonyl (C=O) groups excluding carboxylic acids is 2. The second-order valence-electron chi connectivity index (χ2n) is 6.92. The minimum atomic E-state index is -3.68. The van der Waals surface area contributed by atoms with Crippen molar-refractivity contribution in [1.29, 1.82) is 0 Å². The molecule has 0 spiro atoms. The molecule has 9 heteroatoms. The molecule has 3 rings (SSSR count). The standard InChI is InChI=1S/C20H21ClN2O4S2/c1-12-9-14(21)3-5-16(12)22-19(24)7-8-29(26,27)15-4-6-18-17(11-15)23-20(25)10-13(2)28-18/h3-6,9,11,13H,7-8,10H2,1-2H3,(H,22,24)(H,23,25). The smallest absolute Gasteiger partial charge is 0.225 e. The molecule has 0 aliphatic carbocycles. The SMILES string of the molecule is Cc1cc(Cl)ccc1NC(=O)CCS(=O)(=O)c1ccc2c(c1)NC(=O)CC(C)S2. The lowest BCUT2D eigenvalue weighted by atomic mass is 10.2.